The van der Waals surface area contributed by atoms with Crippen LogP contribution in [0.4, 0.5) is 5.69 Å². The molecule has 2 fully saturated rings. The van der Waals surface area contributed by atoms with Gasteiger partial charge in [-0.2, -0.15) is 0 Å². The maximum atomic E-state index is 12.2. The number of carboxylic acids is 4. The SMILES string of the molecule is CCOC(=O)C1CCCNC1c1ccc(NC2CCCC2)cc1.Cc1ccc(C(=O)OC(C(=O)O)C(OC(=O)c2ccc(C)cc2)C(=O)O)cc1.Cc1ccc(C(=O)OC(C(=O)O)C(OC(=O)c2ccc(C)cc2)C(=O)O)cc1. The van der Waals surface area contributed by atoms with Gasteiger partial charge in [-0.1, -0.05) is 95.8 Å². The van der Waals surface area contributed by atoms with Crippen molar-refractivity contribution < 1.29 is 87.3 Å². The number of esters is 5. The van der Waals surface area contributed by atoms with Gasteiger partial charge in [0, 0.05) is 17.8 Å². The molecule has 2 aliphatic rings. The molecule has 0 bridgehead atoms. The number of aliphatic carboxylic acids is 4. The van der Waals surface area contributed by atoms with Gasteiger partial charge in [0.1, 0.15) is 0 Å². The maximum absolute atomic E-state index is 12.2. The number of nitrogens with one attached hydrogen (secondary N) is 2. The average Bonchev–Trinajstić information content (AvgIpc) is 3.97. The Bertz CT molecular complexity index is 2600. The fourth-order valence-electron chi connectivity index (χ4n) is 8.29. The molecule has 1 saturated heterocycles. The minimum atomic E-state index is -2.22. The number of carbonyl (C=O) groups is 9. The number of hydrogen-bond acceptors (Lipinski definition) is 16. The first-order chi connectivity index (χ1) is 37.6. The van der Waals surface area contributed by atoms with Gasteiger partial charge in [-0.05, 0) is 133 Å². The van der Waals surface area contributed by atoms with Crippen LogP contribution < -0.4 is 10.6 Å². The van der Waals surface area contributed by atoms with Crippen LogP contribution in [0.1, 0.15) is 121 Å². The summed E-state index contributed by atoms with van der Waals surface area (Å²) in [6, 6.07) is 33.4. The lowest BCUT2D eigenvalue weighted by atomic mass is 9.86. The summed E-state index contributed by atoms with van der Waals surface area (Å²) in [5, 5.41) is 44.4. The number of hydrogen-bond donors (Lipinski definition) is 6. The number of piperidine rings is 1. The molecule has 1 heterocycles. The zero-order valence-corrected chi connectivity index (χ0v) is 44.2. The van der Waals surface area contributed by atoms with E-state index in [0.29, 0.717) is 12.6 Å². The number of anilines is 1. The molecule has 1 aliphatic carbocycles. The molecule has 0 spiro atoms. The molecule has 0 aromatic heterocycles. The van der Waals surface area contributed by atoms with Crippen molar-refractivity contribution in [1.29, 1.82) is 0 Å². The van der Waals surface area contributed by atoms with Gasteiger partial charge in [0.25, 0.3) is 0 Å². The second kappa shape index (κ2) is 29.6. The van der Waals surface area contributed by atoms with Gasteiger partial charge in [0.05, 0.1) is 34.8 Å². The smallest absolute Gasteiger partial charge is 0.349 e. The Hall–Kier alpha value is -8.91. The van der Waals surface area contributed by atoms with E-state index in [2.05, 4.69) is 34.9 Å². The molecule has 7 rings (SSSR count). The van der Waals surface area contributed by atoms with Crippen molar-refractivity contribution >= 4 is 59.4 Å². The van der Waals surface area contributed by atoms with E-state index in [0.717, 1.165) is 41.6 Å². The molecule has 20 heteroatoms. The lowest BCUT2D eigenvalue weighted by Crippen LogP contribution is -2.45. The van der Waals surface area contributed by atoms with E-state index in [-0.39, 0.29) is 40.2 Å². The highest BCUT2D eigenvalue weighted by Crippen LogP contribution is 2.32. The normalized spacial score (nSPS) is 16.2. The molecule has 5 aromatic carbocycles. The molecule has 1 aliphatic heterocycles. The van der Waals surface area contributed by atoms with Gasteiger partial charge in [-0.15, -0.1) is 0 Å². The molecule has 0 radical (unpaired) electrons. The quantitative estimate of drug-likeness (QED) is 0.0336. The summed E-state index contributed by atoms with van der Waals surface area (Å²) < 4.78 is 24.5. The fraction of sp³-hybridized carbons (Fsp3) is 0.339. The number of aryl methyl sites for hydroxylation is 4. The second-order valence-electron chi connectivity index (χ2n) is 18.8. The minimum absolute atomic E-state index is 0.0332. The van der Waals surface area contributed by atoms with Crippen molar-refractivity contribution in [2.24, 2.45) is 5.92 Å². The number of carbonyl (C=O) groups excluding carboxylic acids is 5. The van der Waals surface area contributed by atoms with E-state index >= 15 is 0 Å². The summed E-state index contributed by atoms with van der Waals surface area (Å²) in [7, 11) is 0. The molecule has 5 aromatic rings. The Labute approximate surface area is 456 Å². The van der Waals surface area contributed by atoms with Crippen LogP contribution in [-0.2, 0) is 47.7 Å². The average molecular weight is 1090 g/mol. The molecule has 79 heavy (non-hydrogen) atoms. The summed E-state index contributed by atoms with van der Waals surface area (Å²) >= 11 is 0. The Balaban J connectivity index is 0.000000219. The standard InChI is InChI=1S/2C20H18O8.C19H28N2O2/c2*1-11-3-7-13(8-4-11)19(25)27-15(17(21)22)16(18(23)24)28-20(26)14-9-5-12(2)6-10-14;1-2-23-19(22)17-8-5-13-20-18(17)14-9-11-16(12-10-14)21-15-6-3-4-7-15/h2*3-10,15-16H,1-2H3,(H,21,22)(H,23,24);9-12,15,17-18,20-21H,2-8,13H2,1H3. The highest BCUT2D eigenvalue weighted by molar-refractivity contribution is 5.96. The summed E-state index contributed by atoms with van der Waals surface area (Å²) in [5.74, 6) is -11.4. The predicted octanol–water partition coefficient (Wildman–Crippen LogP) is 8.09. The van der Waals surface area contributed by atoms with Crippen molar-refractivity contribution in [2.45, 2.75) is 110 Å². The third kappa shape index (κ3) is 18.4. The summed E-state index contributed by atoms with van der Waals surface area (Å²) in [4.78, 5) is 107. The molecule has 6 atom stereocenters. The van der Waals surface area contributed by atoms with Crippen LogP contribution in [0.5, 0.6) is 0 Å². The van der Waals surface area contributed by atoms with Gasteiger partial charge in [-0.3, -0.25) is 4.79 Å². The molecule has 1 saturated carbocycles. The molecule has 418 valence electrons. The molecule has 0 amide bonds. The lowest BCUT2D eigenvalue weighted by Gasteiger charge is -2.31. The molecule has 20 nitrogen and oxygen atoms in total. The van der Waals surface area contributed by atoms with Gasteiger partial charge in [-0.25, -0.2) is 38.4 Å². The topological polar surface area (TPSA) is 305 Å². The Morgan fingerprint density at radius 3 is 1.08 bits per heavy atom. The Morgan fingerprint density at radius 2 is 0.785 bits per heavy atom. The van der Waals surface area contributed by atoms with Crippen LogP contribution in [0.2, 0.25) is 0 Å². The first-order valence-electron chi connectivity index (χ1n) is 25.4. The van der Waals surface area contributed by atoms with E-state index < -0.39 is 72.2 Å². The van der Waals surface area contributed by atoms with Crippen LogP contribution >= 0.6 is 0 Å². The van der Waals surface area contributed by atoms with E-state index in [4.69, 9.17) is 23.7 Å². The van der Waals surface area contributed by atoms with Crippen molar-refractivity contribution in [3.8, 4) is 0 Å². The van der Waals surface area contributed by atoms with Crippen molar-refractivity contribution in [3.05, 3.63) is 171 Å². The summed E-state index contributed by atoms with van der Waals surface area (Å²) in [5.41, 5.74) is 5.95. The van der Waals surface area contributed by atoms with Crippen LogP contribution in [0.25, 0.3) is 0 Å². The van der Waals surface area contributed by atoms with Crippen molar-refractivity contribution in [3.63, 3.8) is 0 Å². The van der Waals surface area contributed by atoms with E-state index in [1.54, 1.807) is 76.2 Å². The lowest BCUT2D eigenvalue weighted by molar-refractivity contribution is -0.166. The molecular formula is C59H64N2O18. The predicted molar refractivity (Wildman–Crippen MR) is 284 cm³/mol. The summed E-state index contributed by atoms with van der Waals surface area (Å²) in [6.45, 7) is 10.4. The second-order valence-corrected chi connectivity index (χ2v) is 18.8. The molecular weight excluding hydrogens is 1020 g/mol. The third-order valence-electron chi connectivity index (χ3n) is 12.7. The monoisotopic (exact) mass is 1090 g/mol. The van der Waals surface area contributed by atoms with Crippen LogP contribution in [-0.4, -0.2) is 118 Å². The van der Waals surface area contributed by atoms with Gasteiger partial charge in [0.15, 0.2) is 0 Å². The number of ether oxygens (including phenoxy) is 5. The summed E-state index contributed by atoms with van der Waals surface area (Å²) in [6.07, 6.45) is -1.73. The van der Waals surface area contributed by atoms with Gasteiger partial charge >= 0.3 is 53.7 Å². The van der Waals surface area contributed by atoms with E-state index in [1.807, 2.05) is 6.92 Å². The van der Waals surface area contributed by atoms with Crippen LogP contribution in [0.3, 0.4) is 0 Å². The maximum Gasteiger partial charge on any atom is 0.349 e. The van der Waals surface area contributed by atoms with Crippen LogP contribution in [0, 0.1) is 33.6 Å². The number of rotatable bonds is 19. The number of benzene rings is 5. The zero-order valence-electron chi connectivity index (χ0n) is 44.2. The highest BCUT2D eigenvalue weighted by atomic mass is 16.6. The third-order valence-corrected chi connectivity index (χ3v) is 12.7. The Kier molecular flexibility index (Phi) is 22.8. The minimum Gasteiger partial charge on any atom is -0.478 e. The highest BCUT2D eigenvalue weighted by Gasteiger charge is 2.42. The van der Waals surface area contributed by atoms with Gasteiger partial charge in [0.2, 0.25) is 24.4 Å². The van der Waals surface area contributed by atoms with Gasteiger partial charge < -0.3 is 54.7 Å². The van der Waals surface area contributed by atoms with E-state index in [9.17, 15) is 63.6 Å². The molecule has 6 unspecified atom stereocenters. The van der Waals surface area contributed by atoms with E-state index in [1.165, 1.54) is 85.5 Å². The number of carboxylic acid groups (broad SMARTS) is 4. The van der Waals surface area contributed by atoms with Crippen LogP contribution in [0.15, 0.2) is 121 Å². The van der Waals surface area contributed by atoms with Crippen molar-refractivity contribution in [2.75, 3.05) is 18.5 Å². The molecule has 6 N–H and O–H groups in total. The Morgan fingerprint density at radius 1 is 0.468 bits per heavy atom. The first kappa shape index (κ1) is 60.9. The van der Waals surface area contributed by atoms with Crippen molar-refractivity contribution in [1.82, 2.24) is 5.32 Å². The largest absolute Gasteiger partial charge is 0.478 e. The zero-order chi connectivity index (χ0) is 57.8. The fourth-order valence-corrected chi connectivity index (χ4v) is 8.29. The first-order valence-corrected chi connectivity index (χ1v) is 25.4.